The lowest BCUT2D eigenvalue weighted by Gasteiger charge is -2.23. The van der Waals surface area contributed by atoms with Gasteiger partial charge in [0.2, 0.25) is 0 Å². The van der Waals surface area contributed by atoms with Gasteiger partial charge < -0.3 is 9.73 Å². The fourth-order valence-electron chi connectivity index (χ4n) is 2.73. The third-order valence-electron chi connectivity index (χ3n) is 4.58. The van der Waals surface area contributed by atoms with Crippen molar-refractivity contribution in [3.8, 4) is 0 Å². The number of rotatable bonds is 7. The first-order chi connectivity index (χ1) is 10.0. The summed E-state index contributed by atoms with van der Waals surface area (Å²) in [5.74, 6) is 1.11. The number of hydrogen-bond acceptors (Lipinski definition) is 2. The van der Waals surface area contributed by atoms with Gasteiger partial charge in [-0.2, -0.15) is 0 Å². The Morgan fingerprint density at radius 3 is 2.52 bits per heavy atom. The van der Waals surface area contributed by atoms with Gasteiger partial charge in [-0.15, -0.1) is 0 Å². The Kier molecular flexibility index (Phi) is 5.10. The van der Waals surface area contributed by atoms with Crippen LogP contribution in [0.2, 0.25) is 0 Å². The summed E-state index contributed by atoms with van der Waals surface area (Å²) in [6.45, 7) is 13.0. The van der Waals surface area contributed by atoms with E-state index in [1.165, 1.54) is 16.5 Å². The maximum atomic E-state index is 6.09. The molecule has 0 saturated carbocycles. The van der Waals surface area contributed by atoms with Crippen LogP contribution in [0.5, 0.6) is 0 Å². The molecule has 1 heterocycles. The molecule has 2 nitrogen and oxygen atoms in total. The van der Waals surface area contributed by atoms with Gasteiger partial charge in [-0.3, -0.25) is 0 Å². The van der Waals surface area contributed by atoms with Crippen LogP contribution >= 0.6 is 0 Å². The van der Waals surface area contributed by atoms with Crippen LogP contribution in [0, 0.1) is 0 Å². The van der Waals surface area contributed by atoms with Crippen LogP contribution in [0.4, 0.5) is 0 Å². The third-order valence-corrected chi connectivity index (χ3v) is 4.58. The number of aryl methyl sites for hydroxylation is 1. The predicted octanol–water partition coefficient (Wildman–Crippen LogP) is 5.18. The van der Waals surface area contributed by atoms with E-state index in [4.69, 9.17) is 4.42 Å². The summed E-state index contributed by atoms with van der Waals surface area (Å²) in [6.07, 6.45) is 3.38. The minimum atomic E-state index is 0.219. The van der Waals surface area contributed by atoms with E-state index in [0.29, 0.717) is 0 Å². The quantitative estimate of drug-likeness (QED) is 0.758. The van der Waals surface area contributed by atoms with Gasteiger partial charge in [0, 0.05) is 10.9 Å². The average Bonchev–Trinajstić information content (AvgIpc) is 2.83. The summed E-state index contributed by atoms with van der Waals surface area (Å²) in [5.41, 5.74) is 4.05. The van der Waals surface area contributed by atoms with Crippen molar-refractivity contribution in [3.05, 3.63) is 35.1 Å². The maximum absolute atomic E-state index is 6.09. The van der Waals surface area contributed by atoms with Crippen molar-refractivity contribution in [1.29, 1.82) is 0 Å². The van der Waals surface area contributed by atoms with E-state index in [2.05, 4.69) is 58.1 Å². The molecule has 1 aromatic carbocycles. The molecule has 1 N–H and O–H groups in total. The molecule has 2 rings (SSSR count). The summed E-state index contributed by atoms with van der Waals surface area (Å²) in [5, 5.41) is 4.70. The molecule has 0 amide bonds. The fourth-order valence-corrected chi connectivity index (χ4v) is 2.73. The highest BCUT2D eigenvalue weighted by atomic mass is 16.3. The van der Waals surface area contributed by atoms with E-state index in [-0.39, 0.29) is 5.41 Å². The van der Waals surface area contributed by atoms with Crippen molar-refractivity contribution in [2.75, 3.05) is 6.54 Å². The summed E-state index contributed by atoms with van der Waals surface area (Å²) < 4.78 is 6.09. The van der Waals surface area contributed by atoms with Crippen molar-refractivity contribution in [2.24, 2.45) is 0 Å². The Hall–Kier alpha value is -1.28. The minimum absolute atomic E-state index is 0.219. The third kappa shape index (κ3) is 3.32. The molecule has 0 aliphatic heterocycles. The fraction of sp³-hybridized carbons (Fsp3) is 0.579. The second-order valence-corrected chi connectivity index (χ2v) is 6.48. The number of hydrogen-bond donors (Lipinski definition) is 1. The van der Waals surface area contributed by atoms with Gasteiger partial charge >= 0.3 is 0 Å². The standard InChI is InChI=1S/C19H29NO/c1-6-9-15-16-12-14(19(4,5)7-2)10-11-17(16)21-18(15)13-20-8-3/h10-12,20H,6-9,13H2,1-5H3. The number of benzene rings is 1. The van der Waals surface area contributed by atoms with Gasteiger partial charge in [0.25, 0.3) is 0 Å². The van der Waals surface area contributed by atoms with Crippen LogP contribution in [0.3, 0.4) is 0 Å². The minimum Gasteiger partial charge on any atom is -0.459 e. The summed E-state index contributed by atoms with van der Waals surface area (Å²) in [6, 6.07) is 6.72. The molecule has 0 bridgehead atoms. The Morgan fingerprint density at radius 2 is 1.90 bits per heavy atom. The van der Waals surface area contributed by atoms with E-state index in [1.54, 1.807) is 0 Å². The largest absolute Gasteiger partial charge is 0.459 e. The van der Waals surface area contributed by atoms with Crippen LogP contribution in [0.1, 0.15) is 64.3 Å². The molecule has 0 fully saturated rings. The van der Waals surface area contributed by atoms with E-state index < -0.39 is 0 Å². The normalized spacial score (nSPS) is 12.2. The molecule has 0 spiro atoms. The molecule has 0 atom stereocenters. The first-order valence-corrected chi connectivity index (χ1v) is 8.29. The Balaban J connectivity index is 2.51. The van der Waals surface area contributed by atoms with Gasteiger partial charge in [-0.05, 0) is 42.5 Å². The molecule has 2 aromatic rings. The monoisotopic (exact) mass is 287 g/mol. The lowest BCUT2D eigenvalue weighted by molar-refractivity contribution is 0.505. The molecular weight excluding hydrogens is 258 g/mol. The first-order valence-electron chi connectivity index (χ1n) is 8.29. The highest BCUT2D eigenvalue weighted by molar-refractivity contribution is 5.83. The zero-order valence-electron chi connectivity index (χ0n) is 14.2. The molecule has 0 saturated heterocycles. The zero-order valence-corrected chi connectivity index (χ0v) is 14.2. The van der Waals surface area contributed by atoms with E-state index in [1.807, 2.05) is 0 Å². The SMILES string of the molecule is CCCc1c(CNCC)oc2ccc(C(C)(C)CC)cc12. The Morgan fingerprint density at radius 1 is 1.14 bits per heavy atom. The molecule has 116 valence electrons. The predicted molar refractivity (Wildman–Crippen MR) is 90.9 cm³/mol. The van der Waals surface area contributed by atoms with Crippen molar-refractivity contribution in [3.63, 3.8) is 0 Å². The zero-order chi connectivity index (χ0) is 15.5. The molecule has 0 unspecified atom stereocenters. The van der Waals surface area contributed by atoms with Gasteiger partial charge in [-0.1, -0.05) is 47.1 Å². The number of nitrogens with one attached hydrogen (secondary N) is 1. The Bertz CT molecular complexity index is 595. The van der Waals surface area contributed by atoms with Crippen LogP contribution in [-0.2, 0) is 18.4 Å². The van der Waals surface area contributed by atoms with Crippen molar-refractivity contribution < 1.29 is 4.42 Å². The highest BCUT2D eigenvalue weighted by Crippen LogP contribution is 2.33. The van der Waals surface area contributed by atoms with Crippen molar-refractivity contribution in [2.45, 2.75) is 65.8 Å². The van der Waals surface area contributed by atoms with Crippen LogP contribution in [0.25, 0.3) is 11.0 Å². The Labute approximate surface area is 128 Å². The second kappa shape index (κ2) is 6.65. The second-order valence-electron chi connectivity index (χ2n) is 6.48. The first kappa shape index (κ1) is 16.1. The van der Waals surface area contributed by atoms with E-state index in [9.17, 15) is 0 Å². The van der Waals surface area contributed by atoms with E-state index >= 15 is 0 Å². The number of fused-ring (bicyclic) bond motifs is 1. The molecule has 0 aliphatic carbocycles. The molecule has 2 heteroatoms. The smallest absolute Gasteiger partial charge is 0.134 e. The lowest BCUT2D eigenvalue weighted by atomic mass is 9.81. The van der Waals surface area contributed by atoms with Crippen molar-refractivity contribution >= 4 is 11.0 Å². The molecule has 0 radical (unpaired) electrons. The van der Waals surface area contributed by atoms with E-state index in [0.717, 1.165) is 43.7 Å². The molecule has 1 aromatic heterocycles. The molecule has 21 heavy (non-hydrogen) atoms. The lowest BCUT2D eigenvalue weighted by Crippen LogP contribution is -2.15. The number of furan rings is 1. The van der Waals surface area contributed by atoms with Gasteiger partial charge in [0.15, 0.2) is 0 Å². The molecule has 0 aliphatic rings. The summed E-state index contributed by atoms with van der Waals surface area (Å²) >= 11 is 0. The van der Waals surface area contributed by atoms with Crippen LogP contribution < -0.4 is 5.32 Å². The van der Waals surface area contributed by atoms with Gasteiger partial charge in [0.05, 0.1) is 6.54 Å². The maximum Gasteiger partial charge on any atom is 0.134 e. The molecular formula is C19H29NO. The summed E-state index contributed by atoms with van der Waals surface area (Å²) in [7, 11) is 0. The average molecular weight is 287 g/mol. The van der Waals surface area contributed by atoms with Gasteiger partial charge in [-0.25, -0.2) is 0 Å². The van der Waals surface area contributed by atoms with Crippen LogP contribution in [-0.4, -0.2) is 6.54 Å². The van der Waals surface area contributed by atoms with Crippen LogP contribution in [0.15, 0.2) is 22.6 Å². The van der Waals surface area contributed by atoms with Crippen molar-refractivity contribution in [1.82, 2.24) is 5.32 Å². The highest BCUT2D eigenvalue weighted by Gasteiger charge is 2.20. The van der Waals surface area contributed by atoms with Gasteiger partial charge in [0.1, 0.15) is 11.3 Å². The topological polar surface area (TPSA) is 25.2 Å². The summed E-state index contributed by atoms with van der Waals surface area (Å²) in [4.78, 5) is 0.